The number of amides is 3. The number of piperidine rings is 1. The SMILES string of the molecule is C=C1N(C)C(=O)OC12CCN(C(=O)N1CCN(CCO)CC1)CC2. The first-order valence-corrected chi connectivity index (χ1v) is 8.50. The lowest BCUT2D eigenvalue weighted by Gasteiger charge is -2.42. The zero-order valence-corrected chi connectivity index (χ0v) is 14.2. The van der Waals surface area contributed by atoms with E-state index in [0.29, 0.717) is 51.3 Å². The van der Waals surface area contributed by atoms with Crippen LogP contribution in [0, 0.1) is 0 Å². The molecule has 3 saturated heterocycles. The highest BCUT2D eigenvalue weighted by atomic mass is 16.6. The van der Waals surface area contributed by atoms with E-state index in [9.17, 15) is 9.59 Å². The molecule has 0 aliphatic carbocycles. The van der Waals surface area contributed by atoms with Crippen molar-refractivity contribution in [3.05, 3.63) is 12.3 Å². The van der Waals surface area contributed by atoms with E-state index in [4.69, 9.17) is 9.84 Å². The van der Waals surface area contributed by atoms with E-state index in [2.05, 4.69) is 11.5 Å². The van der Waals surface area contributed by atoms with Crippen molar-refractivity contribution >= 4 is 12.1 Å². The third-order valence-corrected chi connectivity index (χ3v) is 5.39. The number of hydrogen-bond donors (Lipinski definition) is 1. The van der Waals surface area contributed by atoms with Gasteiger partial charge in [-0.05, 0) is 0 Å². The van der Waals surface area contributed by atoms with E-state index in [1.54, 1.807) is 7.05 Å². The molecule has 24 heavy (non-hydrogen) atoms. The summed E-state index contributed by atoms with van der Waals surface area (Å²) in [5.41, 5.74) is 0.0554. The Morgan fingerprint density at radius 1 is 1.17 bits per heavy atom. The molecule has 3 heterocycles. The summed E-state index contributed by atoms with van der Waals surface area (Å²) in [5, 5.41) is 8.98. The number of piperazine rings is 1. The molecule has 0 aromatic heterocycles. The van der Waals surface area contributed by atoms with Crippen molar-refractivity contribution in [3.63, 3.8) is 0 Å². The van der Waals surface area contributed by atoms with Crippen LogP contribution in [0.5, 0.6) is 0 Å². The van der Waals surface area contributed by atoms with Gasteiger partial charge in [0.2, 0.25) is 0 Å². The molecule has 0 aromatic carbocycles. The largest absolute Gasteiger partial charge is 0.436 e. The molecule has 1 N–H and O–H groups in total. The maximum Gasteiger partial charge on any atom is 0.414 e. The van der Waals surface area contributed by atoms with Crippen molar-refractivity contribution in [2.24, 2.45) is 0 Å². The Balaban J connectivity index is 1.53. The number of aliphatic hydroxyl groups excluding tert-OH is 1. The highest BCUT2D eigenvalue weighted by Crippen LogP contribution is 2.39. The summed E-state index contributed by atoms with van der Waals surface area (Å²) in [7, 11) is 1.67. The van der Waals surface area contributed by atoms with Gasteiger partial charge < -0.3 is 19.6 Å². The summed E-state index contributed by atoms with van der Waals surface area (Å²) >= 11 is 0. The number of carbonyl (C=O) groups is 2. The molecule has 134 valence electrons. The molecule has 3 aliphatic heterocycles. The number of likely N-dealkylation sites (N-methyl/N-ethyl adjacent to an activating group) is 1. The highest BCUT2D eigenvalue weighted by molar-refractivity contribution is 5.76. The van der Waals surface area contributed by atoms with Crippen molar-refractivity contribution in [3.8, 4) is 0 Å². The van der Waals surface area contributed by atoms with Gasteiger partial charge in [0.05, 0.1) is 12.3 Å². The van der Waals surface area contributed by atoms with Gasteiger partial charge in [-0.2, -0.15) is 0 Å². The predicted molar refractivity (Wildman–Crippen MR) is 87.4 cm³/mol. The minimum absolute atomic E-state index is 0.0526. The van der Waals surface area contributed by atoms with Gasteiger partial charge in [0.1, 0.15) is 0 Å². The average molecular weight is 338 g/mol. The van der Waals surface area contributed by atoms with Crippen molar-refractivity contribution in [1.29, 1.82) is 0 Å². The molecule has 3 rings (SSSR count). The summed E-state index contributed by atoms with van der Waals surface area (Å²) in [6, 6.07) is 0.0526. The maximum atomic E-state index is 12.7. The Bertz CT molecular complexity index is 522. The van der Waals surface area contributed by atoms with Crippen LogP contribution < -0.4 is 0 Å². The van der Waals surface area contributed by atoms with Crippen LogP contribution in [0.25, 0.3) is 0 Å². The summed E-state index contributed by atoms with van der Waals surface area (Å²) < 4.78 is 5.53. The van der Waals surface area contributed by atoms with E-state index in [-0.39, 0.29) is 18.7 Å². The molecule has 8 nitrogen and oxygen atoms in total. The molecule has 0 atom stereocenters. The number of likely N-dealkylation sites (tertiary alicyclic amines) is 1. The van der Waals surface area contributed by atoms with Crippen LogP contribution in [0.2, 0.25) is 0 Å². The summed E-state index contributed by atoms with van der Waals surface area (Å²) in [6.45, 7) is 8.89. The monoisotopic (exact) mass is 338 g/mol. The second-order valence-electron chi connectivity index (χ2n) is 6.69. The van der Waals surface area contributed by atoms with Gasteiger partial charge >= 0.3 is 12.1 Å². The van der Waals surface area contributed by atoms with Gasteiger partial charge in [-0.3, -0.25) is 9.80 Å². The smallest absolute Gasteiger partial charge is 0.414 e. The second kappa shape index (κ2) is 6.60. The lowest BCUT2D eigenvalue weighted by atomic mass is 9.89. The molecule has 0 saturated carbocycles. The fourth-order valence-corrected chi connectivity index (χ4v) is 3.66. The van der Waals surface area contributed by atoms with Gasteiger partial charge in [0, 0.05) is 65.7 Å². The molecule has 0 aromatic rings. The molecule has 8 heteroatoms. The minimum Gasteiger partial charge on any atom is -0.436 e. The summed E-state index contributed by atoms with van der Waals surface area (Å²) in [5.74, 6) is 0. The first kappa shape index (κ1) is 17.0. The van der Waals surface area contributed by atoms with Crippen molar-refractivity contribution in [2.75, 3.05) is 59.5 Å². The number of ether oxygens (including phenoxy) is 1. The molecule has 0 radical (unpaired) electrons. The Hall–Kier alpha value is -1.80. The van der Waals surface area contributed by atoms with Crippen molar-refractivity contribution in [2.45, 2.75) is 18.4 Å². The Labute approximate surface area is 142 Å². The van der Waals surface area contributed by atoms with E-state index >= 15 is 0 Å². The predicted octanol–water partition coefficient (Wildman–Crippen LogP) is 0.147. The van der Waals surface area contributed by atoms with Crippen LogP contribution in [0.1, 0.15) is 12.8 Å². The van der Waals surface area contributed by atoms with Gasteiger partial charge in [0.15, 0.2) is 5.60 Å². The second-order valence-corrected chi connectivity index (χ2v) is 6.69. The van der Waals surface area contributed by atoms with E-state index in [0.717, 1.165) is 13.1 Å². The van der Waals surface area contributed by atoms with Gasteiger partial charge in [-0.15, -0.1) is 0 Å². The van der Waals surface area contributed by atoms with Crippen molar-refractivity contribution < 1.29 is 19.4 Å². The maximum absolute atomic E-state index is 12.7. The van der Waals surface area contributed by atoms with E-state index < -0.39 is 5.60 Å². The fourth-order valence-electron chi connectivity index (χ4n) is 3.66. The zero-order chi connectivity index (χ0) is 17.3. The standard InChI is InChI=1S/C16H26N4O4/c1-13-16(24-15(23)17(13)2)3-5-19(6-4-16)14(22)20-9-7-18(8-10-20)11-12-21/h21H,1,3-12H2,2H3. The Morgan fingerprint density at radius 2 is 1.75 bits per heavy atom. The molecular formula is C16H26N4O4. The van der Waals surface area contributed by atoms with Crippen LogP contribution in [-0.2, 0) is 4.74 Å². The Kier molecular flexibility index (Phi) is 4.69. The normalized spacial score (nSPS) is 24.7. The number of urea groups is 1. The van der Waals surface area contributed by atoms with Gasteiger partial charge in [-0.25, -0.2) is 9.59 Å². The van der Waals surface area contributed by atoms with Crippen LogP contribution in [0.15, 0.2) is 12.3 Å². The first-order valence-electron chi connectivity index (χ1n) is 8.50. The molecule has 0 unspecified atom stereocenters. The topological polar surface area (TPSA) is 76.6 Å². The molecular weight excluding hydrogens is 312 g/mol. The molecule has 3 amide bonds. The lowest BCUT2D eigenvalue weighted by Crippen LogP contribution is -2.56. The molecule has 3 aliphatic rings. The summed E-state index contributed by atoms with van der Waals surface area (Å²) in [4.78, 5) is 31.7. The first-order chi connectivity index (χ1) is 11.5. The Morgan fingerprint density at radius 3 is 2.25 bits per heavy atom. The van der Waals surface area contributed by atoms with Crippen molar-refractivity contribution in [1.82, 2.24) is 19.6 Å². The fraction of sp³-hybridized carbons (Fsp3) is 0.750. The molecule has 1 spiro atoms. The molecule has 3 fully saturated rings. The highest BCUT2D eigenvalue weighted by Gasteiger charge is 2.49. The van der Waals surface area contributed by atoms with Gasteiger partial charge in [0.25, 0.3) is 0 Å². The lowest BCUT2D eigenvalue weighted by molar-refractivity contribution is 0.0172. The quantitative estimate of drug-likeness (QED) is 0.775. The molecule has 0 bridgehead atoms. The van der Waals surface area contributed by atoms with E-state index in [1.165, 1.54) is 4.90 Å². The number of hydrogen-bond acceptors (Lipinski definition) is 5. The van der Waals surface area contributed by atoms with Crippen LogP contribution in [0.3, 0.4) is 0 Å². The summed E-state index contributed by atoms with van der Waals surface area (Å²) in [6.07, 6.45) is 0.829. The zero-order valence-electron chi connectivity index (χ0n) is 14.2. The van der Waals surface area contributed by atoms with Gasteiger partial charge in [-0.1, -0.05) is 6.58 Å². The number of carbonyl (C=O) groups excluding carboxylic acids is 2. The third-order valence-electron chi connectivity index (χ3n) is 5.39. The van der Waals surface area contributed by atoms with Crippen LogP contribution in [-0.4, -0.2) is 102 Å². The van der Waals surface area contributed by atoms with Crippen LogP contribution in [0.4, 0.5) is 9.59 Å². The van der Waals surface area contributed by atoms with Crippen LogP contribution >= 0.6 is 0 Å². The number of β-amino-alcohol motifs (C(OH)–C–C–N with tert-alkyl or cyclic N) is 1. The number of rotatable bonds is 2. The minimum atomic E-state index is -0.636. The average Bonchev–Trinajstić information content (AvgIpc) is 2.80. The number of aliphatic hydroxyl groups is 1. The third kappa shape index (κ3) is 2.95. The number of nitrogens with zero attached hydrogens (tertiary/aromatic N) is 4. The van der Waals surface area contributed by atoms with E-state index in [1.807, 2.05) is 9.80 Å².